The molecule has 14 heavy (non-hydrogen) atoms. The van der Waals surface area contributed by atoms with Gasteiger partial charge in [0.15, 0.2) is 0 Å². The maximum absolute atomic E-state index is 4.19. The van der Waals surface area contributed by atoms with E-state index in [2.05, 4.69) is 23.3 Å². The molecule has 0 aliphatic carbocycles. The molecule has 0 unspecified atom stereocenters. The number of aromatic nitrogens is 3. The zero-order valence-electron chi connectivity index (χ0n) is 7.54. The number of nitrogens with zero attached hydrogens (tertiary/aromatic N) is 3. The Balaban J connectivity index is 2.33. The van der Waals surface area contributed by atoms with Gasteiger partial charge in [0.05, 0.1) is 11.7 Å². The third-order valence-corrected chi connectivity index (χ3v) is 2.29. The number of hydrogen-bond acceptors (Lipinski definition) is 1. The van der Waals surface area contributed by atoms with Crippen LogP contribution >= 0.6 is 0 Å². The van der Waals surface area contributed by atoms with Gasteiger partial charge >= 0.3 is 0 Å². The Morgan fingerprint density at radius 2 is 1.86 bits per heavy atom. The fraction of sp³-hybridized carbons (Fsp3) is 0. The highest BCUT2D eigenvalue weighted by Crippen LogP contribution is 2.14. The lowest BCUT2D eigenvalue weighted by Crippen LogP contribution is -2.07. The maximum atomic E-state index is 4.19. The lowest BCUT2D eigenvalue weighted by molar-refractivity contribution is 0.596. The van der Waals surface area contributed by atoms with E-state index in [-0.39, 0.29) is 0 Å². The predicted octanol–water partition coefficient (Wildman–Crippen LogP) is 2.15. The third kappa shape index (κ3) is 0.956. The van der Waals surface area contributed by atoms with Crippen molar-refractivity contribution in [3.63, 3.8) is 0 Å². The summed E-state index contributed by atoms with van der Waals surface area (Å²) >= 11 is 0. The maximum Gasteiger partial charge on any atom is 0.0718 e. The highest BCUT2D eigenvalue weighted by molar-refractivity contribution is 5.79. The average Bonchev–Trinajstić information content (AvgIpc) is 2.85. The molecule has 0 atom stereocenters. The van der Waals surface area contributed by atoms with Crippen LogP contribution in [0.1, 0.15) is 0 Å². The Kier molecular flexibility index (Phi) is 1.44. The van der Waals surface area contributed by atoms with Crippen molar-refractivity contribution in [1.82, 2.24) is 14.6 Å². The summed E-state index contributed by atoms with van der Waals surface area (Å²) in [6.45, 7) is 0. The van der Waals surface area contributed by atoms with E-state index in [0.717, 1.165) is 5.52 Å². The van der Waals surface area contributed by atoms with E-state index in [1.807, 2.05) is 40.1 Å². The molecule has 0 amide bonds. The molecule has 3 rings (SSSR count). The van der Waals surface area contributed by atoms with Crippen LogP contribution in [0.15, 0.2) is 55.0 Å². The van der Waals surface area contributed by atoms with Gasteiger partial charge in [-0.25, -0.2) is 4.68 Å². The summed E-state index contributed by atoms with van der Waals surface area (Å²) in [4.78, 5) is 1.81. The molecular formula is C11H9N3. The van der Waals surface area contributed by atoms with Gasteiger partial charge in [-0.2, -0.15) is 9.89 Å². The Hall–Kier alpha value is -2.03. The number of fused-ring (bicyclic) bond motifs is 1. The van der Waals surface area contributed by atoms with E-state index in [1.165, 1.54) is 5.39 Å². The Labute approximate surface area is 81.2 Å². The Morgan fingerprint density at radius 3 is 2.71 bits per heavy atom. The van der Waals surface area contributed by atoms with Gasteiger partial charge < -0.3 is 0 Å². The first kappa shape index (κ1) is 7.38. The van der Waals surface area contributed by atoms with E-state index < -0.39 is 0 Å². The smallest absolute Gasteiger partial charge is 0.0718 e. The SMILES string of the molecule is c1ccc2c(c1)ccn2-n1cccn1. The molecule has 68 valence electrons. The number of hydrogen-bond donors (Lipinski definition) is 0. The molecular weight excluding hydrogens is 174 g/mol. The van der Waals surface area contributed by atoms with Crippen molar-refractivity contribution in [2.45, 2.75) is 0 Å². The van der Waals surface area contributed by atoms with Crippen molar-refractivity contribution < 1.29 is 0 Å². The fourth-order valence-corrected chi connectivity index (χ4v) is 1.64. The molecule has 3 nitrogen and oxygen atoms in total. The lowest BCUT2D eigenvalue weighted by Gasteiger charge is -2.03. The second kappa shape index (κ2) is 2.73. The van der Waals surface area contributed by atoms with E-state index in [4.69, 9.17) is 0 Å². The second-order valence-electron chi connectivity index (χ2n) is 3.15. The molecule has 0 bridgehead atoms. The van der Waals surface area contributed by atoms with E-state index in [1.54, 1.807) is 6.20 Å². The summed E-state index contributed by atoms with van der Waals surface area (Å²) < 4.78 is 2.01. The van der Waals surface area contributed by atoms with Gasteiger partial charge in [-0.15, -0.1) is 0 Å². The molecule has 3 heteroatoms. The molecule has 2 aromatic heterocycles. The molecule has 0 saturated heterocycles. The average molecular weight is 183 g/mol. The van der Waals surface area contributed by atoms with E-state index in [9.17, 15) is 0 Å². The third-order valence-electron chi connectivity index (χ3n) is 2.29. The quantitative estimate of drug-likeness (QED) is 0.566. The van der Waals surface area contributed by atoms with Crippen molar-refractivity contribution >= 4 is 10.9 Å². The predicted molar refractivity (Wildman–Crippen MR) is 55.0 cm³/mol. The standard InChI is InChI=1S/C11H9N3/c1-2-5-11-10(4-1)6-9-13(11)14-8-3-7-12-14/h1-9H. The summed E-state index contributed by atoms with van der Waals surface area (Å²) in [6.07, 6.45) is 5.71. The molecule has 0 N–H and O–H groups in total. The minimum Gasteiger partial charge on any atom is -0.240 e. The van der Waals surface area contributed by atoms with Crippen molar-refractivity contribution in [2.24, 2.45) is 0 Å². The van der Waals surface area contributed by atoms with Crippen LogP contribution in [-0.2, 0) is 0 Å². The summed E-state index contributed by atoms with van der Waals surface area (Å²) in [5.41, 5.74) is 1.16. The summed E-state index contributed by atoms with van der Waals surface area (Å²) in [7, 11) is 0. The number of para-hydroxylation sites is 1. The van der Waals surface area contributed by atoms with Gasteiger partial charge in [0.2, 0.25) is 0 Å². The van der Waals surface area contributed by atoms with Crippen molar-refractivity contribution in [2.75, 3.05) is 0 Å². The van der Waals surface area contributed by atoms with E-state index in [0.29, 0.717) is 0 Å². The molecule has 0 saturated carbocycles. The number of rotatable bonds is 1. The van der Waals surface area contributed by atoms with Crippen molar-refractivity contribution in [1.29, 1.82) is 0 Å². The minimum atomic E-state index is 1.16. The van der Waals surface area contributed by atoms with Gasteiger partial charge in [-0.3, -0.25) is 0 Å². The van der Waals surface area contributed by atoms with Crippen molar-refractivity contribution in [3.8, 4) is 0 Å². The van der Waals surface area contributed by atoms with Crippen LogP contribution < -0.4 is 0 Å². The first-order valence-electron chi connectivity index (χ1n) is 4.51. The van der Waals surface area contributed by atoms with Crippen LogP contribution in [0.25, 0.3) is 10.9 Å². The molecule has 3 aromatic rings. The van der Waals surface area contributed by atoms with Crippen LogP contribution in [0.4, 0.5) is 0 Å². The minimum absolute atomic E-state index is 1.16. The first-order chi connectivity index (χ1) is 6.95. The molecule has 2 heterocycles. The first-order valence-corrected chi connectivity index (χ1v) is 4.51. The van der Waals surface area contributed by atoms with Crippen LogP contribution in [0.3, 0.4) is 0 Å². The second-order valence-corrected chi connectivity index (χ2v) is 3.15. The monoisotopic (exact) mass is 183 g/mol. The zero-order chi connectivity index (χ0) is 9.38. The molecule has 0 radical (unpaired) electrons. The van der Waals surface area contributed by atoms with Crippen LogP contribution in [-0.4, -0.2) is 14.6 Å². The number of benzene rings is 1. The highest BCUT2D eigenvalue weighted by Gasteiger charge is 1.99. The van der Waals surface area contributed by atoms with Crippen LogP contribution in [0.5, 0.6) is 0 Å². The van der Waals surface area contributed by atoms with Gasteiger partial charge in [0.1, 0.15) is 0 Å². The van der Waals surface area contributed by atoms with E-state index >= 15 is 0 Å². The molecule has 0 aliphatic rings. The topological polar surface area (TPSA) is 22.8 Å². The Bertz CT molecular complexity index is 549. The molecule has 1 aromatic carbocycles. The highest BCUT2D eigenvalue weighted by atomic mass is 15.6. The summed E-state index contributed by atoms with van der Waals surface area (Å²) in [5.74, 6) is 0. The largest absolute Gasteiger partial charge is 0.240 e. The van der Waals surface area contributed by atoms with Crippen LogP contribution in [0, 0.1) is 0 Å². The summed E-state index contributed by atoms with van der Waals surface area (Å²) in [5, 5.41) is 5.41. The van der Waals surface area contributed by atoms with Gasteiger partial charge in [-0.1, -0.05) is 18.2 Å². The van der Waals surface area contributed by atoms with Crippen molar-refractivity contribution in [3.05, 3.63) is 55.0 Å². The van der Waals surface area contributed by atoms with Gasteiger partial charge in [0, 0.05) is 17.8 Å². The van der Waals surface area contributed by atoms with Gasteiger partial charge in [0.25, 0.3) is 0 Å². The normalized spacial score (nSPS) is 10.9. The molecule has 0 aliphatic heterocycles. The van der Waals surface area contributed by atoms with Gasteiger partial charge in [-0.05, 0) is 18.2 Å². The lowest BCUT2D eigenvalue weighted by atomic mass is 10.3. The Morgan fingerprint density at radius 1 is 0.929 bits per heavy atom. The fourth-order valence-electron chi connectivity index (χ4n) is 1.64. The zero-order valence-corrected chi connectivity index (χ0v) is 7.54. The summed E-state index contributed by atoms with van der Waals surface area (Å²) in [6, 6.07) is 12.2. The van der Waals surface area contributed by atoms with Crippen LogP contribution in [0.2, 0.25) is 0 Å². The molecule has 0 fully saturated rings. The molecule has 0 spiro atoms.